The van der Waals surface area contributed by atoms with Crippen molar-refractivity contribution in [1.82, 2.24) is 19.4 Å². The quantitative estimate of drug-likeness (QED) is 0.671. The molecule has 6 heteroatoms. The summed E-state index contributed by atoms with van der Waals surface area (Å²) in [6.07, 6.45) is 0. The van der Waals surface area contributed by atoms with Crippen molar-refractivity contribution >= 4 is 34.2 Å². The van der Waals surface area contributed by atoms with E-state index < -0.39 is 0 Å². The molecule has 4 rings (SSSR count). The van der Waals surface area contributed by atoms with Crippen LogP contribution >= 0.6 is 23.2 Å². The van der Waals surface area contributed by atoms with E-state index in [2.05, 4.69) is 39.6 Å². The third-order valence-corrected chi connectivity index (χ3v) is 5.76. The molecule has 1 aliphatic rings. The van der Waals surface area contributed by atoms with Crippen LogP contribution in [0.5, 0.6) is 0 Å². The highest BCUT2D eigenvalue weighted by Gasteiger charge is 2.18. The van der Waals surface area contributed by atoms with Gasteiger partial charge in [-0.2, -0.15) is 0 Å². The number of benzene rings is 2. The highest BCUT2D eigenvalue weighted by atomic mass is 35.5. The molecule has 0 radical (unpaired) electrons. The van der Waals surface area contributed by atoms with E-state index in [4.69, 9.17) is 28.2 Å². The van der Waals surface area contributed by atoms with Gasteiger partial charge in [-0.3, -0.25) is 4.90 Å². The van der Waals surface area contributed by atoms with Crippen LogP contribution in [0.15, 0.2) is 42.5 Å². The molecule has 136 valence electrons. The predicted octanol–water partition coefficient (Wildman–Crippen LogP) is 4.14. The van der Waals surface area contributed by atoms with E-state index in [9.17, 15) is 0 Å². The second-order valence-corrected chi connectivity index (χ2v) is 7.75. The van der Waals surface area contributed by atoms with Crippen LogP contribution in [0.1, 0.15) is 11.4 Å². The van der Waals surface area contributed by atoms with E-state index in [0.29, 0.717) is 10.0 Å². The fourth-order valence-electron chi connectivity index (χ4n) is 3.45. The normalized spacial score (nSPS) is 16.4. The Bertz CT molecular complexity index is 913. The smallest absolute Gasteiger partial charge is 0.124 e. The van der Waals surface area contributed by atoms with Gasteiger partial charge < -0.3 is 9.47 Å². The van der Waals surface area contributed by atoms with E-state index in [1.54, 1.807) is 0 Å². The third-order valence-electron chi connectivity index (χ3n) is 5.02. The second kappa shape index (κ2) is 7.57. The number of likely N-dealkylation sites (N-methyl/N-ethyl adjacent to an activating group) is 1. The molecule has 0 amide bonds. The Morgan fingerprint density at radius 1 is 0.923 bits per heavy atom. The topological polar surface area (TPSA) is 24.3 Å². The lowest BCUT2D eigenvalue weighted by molar-refractivity contribution is 0.144. The summed E-state index contributed by atoms with van der Waals surface area (Å²) >= 11 is 12.3. The summed E-state index contributed by atoms with van der Waals surface area (Å²) in [4.78, 5) is 9.76. The zero-order chi connectivity index (χ0) is 18.1. The van der Waals surface area contributed by atoms with Crippen LogP contribution in [-0.4, -0.2) is 52.6 Å². The maximum atomic E-state index is 6.21. The molecule has 0 atom stereocenters. The van der Waals surface area contributed by atoms with E-state index in [1.165, 1.54) is 0 Å². The van der Waals surface area contributed by atoms with Crippen molar-refractivity contribution in [1.29, 1.82) is 0 Å². The van der Waals surface area contributed by atoms with Gasteiger partial charge in [0.1, 0.15) is 5.82 Å². The molecule has 0 aliphatic carbocycles. The summed E-state index contributed by atoms with van der Waals surface area (Å²) in [7, 11) is 2.18. The molecule has 1 aromatic heterocycles. The Hall–Kier alpha value is -1.59. The number of hydrogen-bond donors (Lipinski definition) is 0. The molecule has 1 aliphatic heterocycles. The average Bonchev–Trinajstić information content (AvgIpc) is 2.97. The Kier molecular flexibility index (Phi) is 5.18. The largest absolute Gasteiger partial charge is 0.322 e. The number of fused-ring (bicyclic) bond motifs is 1. The van der Waals surface area contributed by atoms with Crippen LogP contribution in [0.25, 0.3) is 11.0 Å². The molecule has 4 nitrogen and oxygen atoms in total. The number of hydrogen-bond acceptors (Lipinski definition) is 3. The lowest BCUT2D eigenvalue weighted by Crippen LogP contribution is -2.44. The number of halogens is 2. The lowest BCUT2D eigenvalue weighted by atomic mass is 10.2. The first-order valence-corrected chi connectivity index (χ1v) is 9.65. The standard InChI is InChI=1S/C20H22Cl2N4/c1-24-8-10-25(11-9-24)14-20-23-18-4-2-3-5-19(18)26(20)13-15-6-7-16(21)17(22)12-15/h2-7,12H,8-11,13-14H2,1H3. The van der Waals surface area contributed by atoms with Gasteiger partial charge in [-0.1, -0.05) is 41.4 Å². The van der Waals surface area contributed by atoms with Gasteiger partial charge in [0.2, 0.25) is 0 Å². The van der Waals surface area contributed by atoms with Gasteiger partial charge >= 0.3 is 0 Å². The van der Waals surface area contributed by atoms with Crippen molar-refractivity contribution in [2.45, 2.75) is 13.1 Å². The summed E-state index contributed by atoms with van der Waals surface area (Å²) in [5.74, 6) is 1.10. The molecule has 0 spiro atoms. The Balaban J connectivity index is 1.66. The van der Waals surface area contributed by atoms with Crippen LogP contribution in [0.2, 0.25) is 10.0 Å². The Labute approximate surface area is 163 Å². The van der Waals surface area contributed by atoms with Crippen LogP contribution in [-0.2, 0) is 13.1 Å². The molecule has 0 unspecified atom stereocenters. The highest BCUT2D eigenvalue weighted by molar-refractivity contribution is 6.42. The van der Waals surface area contributed by atoms with E-state index in [-0.39, 0.29) is 0 Å². The van der Waals surface area contributed by atoms with Gasteiger partial charge in [0.25, 0.3) is 0 Å². The van der Waals surface area contributed by atoms with Gasteiger partial charge in [-0.15, -0.1) is 0 Å². The fraction of sp³-hybridized carbons (Fsp3) is 0.350. The Morgan fingerprint density at radius 3 is 2.46 bits per heavy atom. The molecule has 0 bridgehead atoms. The number of rotatable bonds is 4. The van der Waals surface area contributed by atoms with Crippen LogP contribution in [0, 0.1) is 0 Å². The van der Waals surface area contributed by atoms with Crippen molar-refractivity contribution in [3.8, 4) is 0 Å². The van der Waals surface area contributed by atoms with Gasteiger partial charge in [0, 0.05) is 32.7 Å². The van der Waals surface area contributed by atoms with Gasteiger partial charge in [-0.25, -0.2) is 4.98 Å². The third kappa shape index (κ3) is 3.74. The molecule has 3 aromatic rings. The zero-order valence-electron chi connectivity index (χ0n) is 14.8. The molecule has 0 saturated carbocycles. The van der Waals surface area contributed by atoms with Crippen LogP contribution in [0.3, 0.4) is 0 Å². The molecule has 2 aromatic carbocycles. The summed E-state index contributed by atoms with van der Waals surface area (Å²) in [5, 5.41) is 1.18. The molecule has 1 saturated heterocycles. The summed E-state index contributed by atoms with van der Waals surface area (Å²) < 4.78 is 2.30. The van der Waals surface area contributed by atoms with E-state index >= 15 is 0 Å². The van der Waals surface area contributed by atoms with Crippen molar-refractivity contribution in [3.05, 3.63) is 63.9 Å². The minimum Gasteiger partial charge on any atom is -0.322 e. The predicted molar refractivity (Wildman–Crippen MR) is 108 cm³/mol. The van der Waals surface area contributed by atoms with Gasteiger partial charge in [0.05, 0.1) is 27.6 Å². The van der Waals surface area contributed by atoms with E-state index in [1.807, 2.05) is 24.3 Å². The average molecular weight is 389 g/mol. The highest BCUT2D eigenvalue weighted by Crippen LogP contribution is 2.25. The first-order valence-electron chi connectivity index (χ1n) is 8.89. The molecular weight excluding hydrogens is 367 g/mol. The second-order valence-electron chi connectivity index (χ2n) is 6.93. The van der Waals surface area contributed by atoms with Gasteiger partial charge in [-0.05, 0) is 36.9 Å². The first-order chi connectivity index (χ1) is 12.6. The van der Waals surface area contributed by atoms with Gasteiger partial charge in [0.15, 0.2) is 0 Å². The van der Waals surface area contributed by atoms with E-state index in [0.717, 1.165) is 61.7 Å². The maximum absolute atomic E-state index is 6.21. The molecular formula is C20H22Cl2N4. The number of nitrogens with zero attached hydrogens (tertiary/aromatic N) is 4. The van der Waals surface area contributed by atoms with Crippen LogP contribution < -0.4 is 0 Å². The van der Waals surface area contributed by atoms with Crippen molar-refractivity contribution in [2.75, 3.05) is 33.2 Å². The van der Waals surface area contributed by atoms with Crippen LogP contribution in [0.4, 0.5) is 0 Å². The number of aromatic nitrogens is 2. The maximum Gasteiger partial charge on any atom is 0.124 e. The summed E-state index contributed by atoms with van der Waals surface area (Å²) in [5.41, 5.74) is 3.32. The number of piperazine rings is 1. The molecule has 0 N–H and O–H groups in total. The first kappa shape index (κ1) is 17.8. The number of para-hydroxylation sites is 2. The zero-order valence-corrected chi connectivity index (χ0v) is 16.3. The molecule has 2 heterocycles. The van der Waals surface area contributed by atoms with Crippen molar-refractivity contribution in [2.24, 2.45) is 0 Å². The minimum atomic E-state index is 0.587. The fourth-order valence-corrected chi connectivity index (χ4v) is 3.77. The van der Waals surface area contributed by atoms with Crippen molar-refractivity contribution in [3.63, 3.8) is 0 Å². The lowest BCUT2D eigenvalue weighted by Gasteiger charge is -2.32. The molecule has 1 fully saturated rings. The Morgan fingerprint density at radius 2 is 1.69 bits per heavy atom. The minimum absolute atomic E-state index is 0.587. The van der Waals surface area contributed by atoms with Crippen molar-refractivity contribution < 1.29 is 0 Å². The monoisotopic (exact) mass is 388 g/mol. The molecule has 26 heavy (non-hydrogen) atoms. The SMILES string of the molecule is CN1CCN(Cc2nc3ccccc3n2Cc2ccc(Cl)c(Cl)c2)CC1. The summed E-state index contributed by atoms with van der Waals surface area (Å²) in [6.45, 7) is 5.96. The summed E-state index contributed by atoms with van der Waals surface area (Å²) in [6, 6.07) is 14.1. The number of imidazole rings is 1.